The number of aromatic nitrogens is 2. The van der Waals surface area contributed by atoms with Crippen molar-refractivity contribution in [2.75, 3.05) is 23.9 Å². The third kappa shape index (κ3) is 5.66. The van der Waals surface area contributed by atoms with Crippen molar-refractivity contribution in [2.24, 2.45) is 5.92 Å². The molecule has 0 saturated heterocycles. The second kappa shape index (κ2) is 8.83. The van der Waals surface area contributed by atoms with E-state index < -0.39 is 0 Å². The second-order valence-corrected chi connectivity index (χ2v) is 7.42. The third-order valence-corrected chi connectivity index (χ3v) is 5.17. The Morgan fingerprint density at radius 3 is 2.86 bits per heavy atom. The van der Waals surface area contributed by atoms with Gasteiger partial charge in [-0.3, -0.25) is 4.79 Å². The summed E-state index contributed by atoms with van der Waals surface area (Å²) in [6.07, 6.45) is 11.3. The summed E-state index contributed by atoms with van der Waals surface area (Å²) in [5.41, 5.74) is 0.794. The summed E-state index contributed by atoms with van der Waals surface area (Å²) in [5.74, 6) is 1.91. The van der Waals surface area contributed by atoms with Gasteiger partial charge in [0.15, 0.2) is 0 Å². The average molecular weight is 374 g/mol. The summed E-state index contributed by atoms with van der Waals surface area (Å²) < 4.78 is 2.19. The smallest absolute Gasteiger partial charge is 0.283 e. The van der Waals surface area contributed by atoms with E-state index in [1.807, 2.05) is 11.8 Å². The molecule has 0 spiro atoms. The molecule has 1 N–H and O–H groups in total. The van der Waals surface area contributed by atoms with Gasteiger partial charge < -0.3 is 5.32 Å². The van der Waals surface area contributed by atoms with E-state index in [1.165, 1.54) is 37.9 Å². The van der Waals surface area contributed by atoms with E-state index in [0.717, 1.165) is 25.2 Å². The van der Waals surface area contributed by atoms with Gasteiger partial charge >= 0.3 is 0 Å². The number of nitrogens with one attached hydrogen (secondary N) is 1. The van der Waals surface area contributed by atoms with Crippen molar-refractivity contribution in [2.45, 2.75) is 45.1 Å². The minimum atomic E-state index is -0.0214. The minimum Gasteiger partial charge on any atom is -0.383 e. The van der Waals surface area contributed by atoms with E-state index in [0.29, 0.717) is 10.4 Å². The molecule has 4 nitrogen and oxygen atoms in total. The highest BCUT2D eigenvalue weighted by Gasteiger charge is 2.23. The van der Waals surface area contributed by atoms with Gasteiger partial charge in [0, 0.05) is 13.1 Å². The van der Waals surface area contributed by atoms with E-state index in [2.05, 4.69) is 32.6 Å². The van der Waals surface area contributed by atoms with Crippen LogP contribution < -0.4 is 10.9 Å². The Morgan fingerprint density at radius 1 is 1.38 bits per heavy atom. The fraction of sp³-hybridized carbons (Fsp3) is 0.733. The highest BCUT2D eigenvalue weighted by molar-refractivity contribution is 9.10. The lowest BCUT2D eigenvalue weighted by Gasteiger charge is -2.10. The molecule has 0 bridgehead atoms. The van der Waals surface area contributed by atoms with Crippen LogP contribution in [0.25, 0.3) is 0 Å². The number of rotatable bonds is 10. The topological polar surface area (TPSA) is 46.9 Å². The Morgan fingerprint density at radius 2 is 2.14 bits per heavy atom. The molecule has 1 fully saturated rings. The first-order valence-electron chi connectivity index (χ1n) is 7.71. The molecule has 0 unspecified atom stereocenters. The SMILES string of the molecule is CSCCCCCCNc1cnn(CC2CC2)c(=O)c1Br. The standard InChI is InChI=1S/C15H24BrN3OS/c1-21-9-5-3-2-4-8-17-13-10-18-19(11-12-6-7-12)15(20)14(13)16/h10,12,17H,2-9,11H2,1H3. The largest absolute Gasteiger partial charge is 0.383 e. The summed E-state index contributed by atoms with van der Waals surface area (Å²) in [7, 11) is 0. The molecule has 0 aliphatic heterocycles. The van der Waals surface area contributed by atoms with E-state index in [1.54, 1.807) is 10.9 Å². The molecule has 1 aromatic rings. The van der Waals surface area contributed by atoms with Crippen molar-refractivity contribution in [1.82, 2.24) is 9.78 Å². The number of hydrogen-bond donors (Lipinski definition) is 1. The molecule has 118 valence electrons. The maximum absolute atomic E-state index is 12.2. The van der Waals surface area contributed by atoms with Crippen LogP contribution in [0.4, 0.5) is 5.69 Å². The van der Waals surface area contributed by atoms with Gasteiger partial charge in [-0.05, 0) is 59.5 Å². The van der Waals surface area contributed by atoms with Crippen molar-refractivity contribution in [1.29, 1.82) is 0 Å². The number of unbranched alkanes of at least 4 members (excludes halogenated alkanes) is 3. The van der Waals surface area contributed by atoms with E-state index in [4.69, 9.17) is 0 Å². The van der Waals surface area contributed by atoms with E-state index in [9.17, 15) is 4.79 Å². The van der Waals surface area contributed by atoms with Crippen molar-refractivity contribution < 1.29 is 0 Å². The van der Waals surface area contributed by atoms with Gasteiger partial charge in [-0.1, -0.05) is 12.8 Å². The number of nitrogens with zero attached hydrogens (tertiary/aromatic N) is 2. The van der Waals surface area contributed by atoms with Gasteiger partial charge in [0.2, 0.25) is 0 Å². The van der Waals surface area contributed by atoms with Gasteiger partial charge in [0.05, 0.1) is 11.9 Å². The predicted octanol–water partition coefficient (Wildman–Crippen LogP) is 3.75. The quantitative estimate of drug-likeness (QED) is 0.634. The fourth-order valence-corrected chi connectivity index (χ4v) is 3.15. The van der Waals surface area contributed by atoms with Gasteiger partial charge in [-0.2, -0.15) is 16.9 Å². The molecule has 1 saturated carbocycles. The number of halogens is 1. The average Bonchev–Trinajstić information content (AvgIpc) is 3.29. The molecular weight excluding hydrogens is 350 g/mol. The number of anilines is 1. The normalized spacial score (nSPS) is 14.4. The zero-order valence-electron chi connectivity index (χ0n) is 12.6. The van der Waals surface area contributed by atoms with Crippen molar-refractivity contribution in [3.8, 4) is 0 Å². The maximum Gasteiger partial charge on any atom is 0.283 e. The van der Waals surface area contributed by atoms with Crippen LogP contribution in [0.2, 0.25) is 0 Å². The van der Waals surface area contributed by atoms with Crippen LogP contribution >= 0.6 is 27.7 Å². The molecule has 0 atom stereocenters. The Labute approximate surface area is 139 Å². The van der Waals surface area contributed by atoms with Gasteiger partial charge in [0.1, 0.15) is 4.47 Å². The molecule has 2 rings (SSSR count). The summed E-state index contributed by atoms with van der Waals surface area (Å²) in [4.78, 5) is 12.2. The number of thioether (sulfide) groups is 1. The molecule has 1 heterocycles. The Bertz CT molecular complexity index is 502. The van der Waals surface area contributed by atoms with Crippen LogP contribution in [0.1, 0.15) is 38.5 Å². The van der Waals surface area contributed by atoms with Crippen LogP contribution in [0.3, 0.4) is 0 Å². The summed E-state index contributed by atoms with van der Waals surface area (Å²) >= 11 is 5.31. The van der Waals surface area contributed by atoms with Crippen LogP contribution in [0, 0.1) is 5.92 Å². The summed E-state index contributed by atoms with van der Waals surface area (Å²) in [6.45, 7) is 1.65. The zero-order valence-corrected chi connectivity index (χ0v) is 15.0. The van der Waals surface area contributed by atoms with Gasteiger partial charge in [-0.15, -0.1) is 0 Å². The summed E-state index contributed by atoms with van der Waals surface area (Å²) in [6, 6.07) is 0. The van der Waals surface area contributed by atoms with Crippen LogP contribution in [0.15, 0.2) is 15.5 Å². The zero-order chi connectivity index (χ0) is 15.1. The van der Waals surface area contributed by atoms with Crippen molar-refractivity contribution in [3.63, 3.8) is 0 Å². The lowest BCUT2D eigenvalue weighted by Crippen LogP contribution is -2.25. The lowest BCUT2D eigenvalue weighted by molar-refractivity contribution is 0.531. The van der Waals surface area contributed by atoms with Gasteiger partial charge in [-0.25, -0.2) is 4.68 Å². The molecule has 6 heteroatoms. The Hall–Kier alpha value is -0.490. The Kier molecular flexibility index (Phi) is 7.10. The number of hydrogen-bond acceptors (Lipinski definition) is 4. The molecular formula is C15H24BrN3OS. The Balaban J connectivity index is 1.75. The first-order chi connectivity index (χ1) is 10.2. The summed E-state index contributed by atoms with van der Waals surface area (Å²) in [5, 5.41) is 7.58. The first kappa shape index (κ1) is 16.9. The van der Waals surface area contributed by atoms with Crippen LogP contribution in [0.5, 0.6) is 0 Å². The predicted molar refractivity (Wildman–Crippen MR) is 94.3 cm³/mol. The highest BCUT2D eigenvalue weighted by atomic mass is 79.9. The van der Waals surface area contributed by atoms with Gasteiger partial charge in [0.25, 0.3) is 5.56 Å². The lowest BCUT2D eigenvalue weighted by atomic mass is 10.2. The maximum atomic E-state index is 12.2. The molecule has 0 aromatic carbocycles. The van der Waals surface area contributed by atoms with E-state index >= 15 is 0 Å². The monoisotopic (exact) mass is 373 g/mol. The van der Waals surface area contributed by atoms with Crippen LogP contribution in [-0.4, -0.2) is 28.3 Å². The van der Waals surface area contributed by atoms with E-state index in [-0.39, 0.29) is 5.56 Å². The van der Waals surface area contributed by atoms with Crippen molar-refractivity contribution in [3.05, 3.63) is 21.0 Å². The second-order valence-electron chi connectivity index (χ2n) is 5.64. The van der Waals surface area contributed by atoms with Crippen LogP contribution in [-0.2, 0) is 6.54 Å². The molecule has 0 amide bonds. The molecule has 1 aromatic heterocycles. The van der Waals surface area contributed by atoms with Crippen molar-refractivity contribution >= 4 is 33.4 Å². The fourth-order valence-electron chi connectivity index (χ4n) is 2.21. The first-order valence-corrected chi connectivity index (χ1v) is 9.89. The minimum absolute atomic E-state index is 0.0214. The molecule has 0 radical (unpaired) electrons. The molecule has 1 aliphatic carbocycles. The third-order valence-electron chi connectivity index (χ3n) is 3.70. The highest BCUT2D eigenvalue weighted by Crippen LogP contribution is 2.30. The molecule has 1 aliphatic rings. The molecule has 21 heavy (non-hydrogen) atoms.